The first-order valence-corrected chi connectivity index (χ1v) is 9.36. The van der Waals surface area contributed by atoms with Gasteiger partial charge in [0.15, 0.2) is 12.1 Å². The lowest BCUT2D eigenvalue weighted by Gasteiger charge is -2.26. The predicted octanol–water partition coefficient (Wildman–Crippen LogP) is 3.39. The van der Waals surface area contributed by atoms with Crippen LogP contribution in [-0.2, 0) is 25.6 Å². The van der Waals surface area contributed by atoms with Crippen molar-refractivity contribution in [2.45, 2.75) is 82.9 Å². The molecule has 0 unspecified atom stereocenters. The highest BCUT2D eigenvalue weighted by Gasteiger charge is 2.55. The second-order valence-electron chi connectivity index (χ2n) is 7.33. The second kappa shape index (κ2) is 8.60. The fraction of sp³-hybridized carbons (Fsp3) is 0.700. The van der Waals surface area contributed by atoms with E-state index in [0.29, 0.717) is 6.61 Å². The van der Waals surface area contributed by atoms with Gasteiger partial charge in [-0.15, -0.1) is 0 Å². The highest BCUT2D eigenvalue weighted by Crippen LogP contribution is 2.40. The minimum Gasteiger partial charge on any atom is -0.396 e. The van der Waals surface area contributed by atoms with Crippen LogP contribution in [0, 0.1) is 0 Å². The Morgan fingerprint density at radius 3 is 2.56 bits per heavy atom. The van der Waals surface area contributed by atoms with Crippen LogP contribution in [0.4, 0.5) is 0 Å². The Labute approximate surface area is 150 Å². The largest absolute Gasteiger partial charge is 0.396 e. The Bertz CT molecular complexity index is 518. The average molecular weight is 350 g/mol. The number of hydrogen-bond acceptors (Lipinski definition) is 5. The third kappa shape index (κ3) is 5.02. The maximum atomic E-state index is 8.88. The van der Waals surface area contributed by atoms with E-state index in [0.717, 1.165) is 37.7 Å². The SMILES string of the molecule is CC1(C)O[C@H]2O[C@H](CCCCCCO)[C@H](OCc3ccccc3)[C@H]2O1. The topological polar surface area (TPSA) is 57.2 Å². The molecule has 1 N–H and O–H groups in total. The summed E-state index contributed by atoms with van der Waals surface area (Å²) in [5.41, 5.74) is 1.14. The molecule has 2 saturated heterocycles. The number of unbranched alkanes of at least 4 members (excludes halogenated alkanes) is 3. The van der Waals surface area contributed by atoms with Crippen LogP contribution < -0.4 is 0 Å². The molecule has 0 saturated carbocycles. The molecule has 0 aliphatic carbocycles. The van der Waals surface area contributed by atoms with Crippen molar-refractivity contribution in [3.8, 4) is 0 Å². The Morgan fingerprint density at radius 2 is 1.80 bits per heavy atom. The Hall–Kier alpha value is -0.980. The monoisotopic (exact) mass is 350 g/mol. The fourth-order valence-electron chi connectivity index (χ4n) is 3.56. The summed E-state index contributed by atoms with van der Waals surface area (Å²) in [6.07, 6.45) is 4.32. The third-order valence-corrected chi connectivity index (χ3v) is 4.77. The van der Waals surface area contributed by atoms with Gasteiger partial charge < -0.3 is 24.1 Å². The van der Waals surface area contributed by atoms with Gasteiger partial charge in [0, 0.05) is 6.61 Å². The van der Waals surface area contributed by atoms with Crippen molar-refractivity contribution in [1.82, 2.24) is 0 Å². The molecule has 0 bridgehead atoms. The number of aliphatic hydroxyl groups is 1. The van der Waals surface area contributed by atoms with Crippen molar-refractivity contribution in [2.75, 3.05) is 6.61 Å². The summed E-state index contributed by atoms with van der Waals surface area (Å²) < 4.78 is 24.2. The molecule has 0 spiro atoms. The molecule has 2 fully saturated rings. The van der Waals surface area contributed by atoms with Crippen LogP contribution in [0.5, 0.6) is 0 Å². The first kappa shape index (κ1) is 18.8. The van der Waals surface area contributed by atoms with Crippen molar-refractivity contribution < 1.29 is 24.1 Å². The van der Waals surface area contributed by atoms with E-state index in [2.05, 4.69) is 12.1 Å². The van der Waals surface area contributed by atoms with Crippen LogP contribution >= 0.6 is 0 Å². The van der Waals surface area contributed by atoms with Crippen LogP contribution in [0.1, 0.15) is 51.5 Å². The van der Waals surface area contributed by atoms with E-state index >= 15 is 0 Å². The number of ether oxygens (including phenoxy) is 4. The molecule has 140 valence electrons. The zero-order valence-electron chi connectivity index (χ0n) is 15.2. The minimum absolute atomic E-state index is 0.0102. The summed E-state index contributed by atoms with van der Waals surface area (Å²) in [6, 6.07) is 10.2. The molecule has 1 aromatic carbocycles. The molecular weight excluding hydrogens is 320 g/mol. The van der Waals surface area contributed by atoms with Gasteiger partial charge in [-0.25, -0.2) is 0 Å². The summed E-state index contributed by atoms with van der Waals surface area (Å²) in [4.78, 5) is 0. The highest BCUT2D eigenvalue weighted by atomic mass is 16.8. The number of hydrogen-bond donors (Lipinski definition) is 1. The van der Waals surface area contributed by atoms with Gasteiger partial charge in [0.1, 0.15) is 12.2 Å². The van der Waals surface area contributed by atoms with Crippen molar-refractivity contribution in [3.63, 3.8) is 0 Å². The molecule has 0 aromatic heterocycles. The average Bonchev–Trinajstić information content (AvgIpc) is 3.05. The van der Waals surface area contributed by atoms with Crippen LogP contribution in [0.15, 0.2) is 30.3 Å². The molecular formula is C20H30O5. The van der Waals surface area contributed by atoms with Crippen LogP contribution in [0.3, 0.4) is 0 Å². The molecule has 3 rings (SSSR count). The van der Waals surface area contributed by atoms with Gasteiger partial charge in [-0.05, 0) is 32.3 Å². The summed E-state index contributed by atoms with van der Waals surface area (Å²) in [7, 11) is 0. The maximum absolute atomic E-state index is 8.88. The van der Waals surface area contributed by atoms with Gasteiger partial charge in [0.2, 0.25) is 0 Å². The highest BCUT2D eigenvalue weighted by molar-refractivity contribution is 5.13. The van der Waals surface area contributed by atoms with E-state index < -0.39 is 5.79 Å². The molecule has 0 radical (unpaired) electrons. The molecule has 2 aliphatic rings. The quantitative estimate of drug-likeness (QED) is 0.692. The number of fused-ring (bicyclic) bond motifs is 1. The first-order chi connectivity index (χ1) is 12.1. The number of benzene rings is 1. The maximum Gasteiger partial charge on any atom is 0.190 e. The molecule has 2 heterocycles. The molecule has 25 heavy (non-hydrogen) atoms. The molecule has 1 aromatic rings. The predicted molar refractivity (Wildman–Crippen MR) is 93.9 cm³/mol. The van der Waals surface area contributed by atoms with E-state index in [1.54, 1.807) is 0 Å². The summed E-state index contributed by atoms with van der Waals surface area (Å²) in [5, 5.41) is 8.88. The molecule has 5 heteroatoms. The molecule has 0 amide bonds. The van der Waals surface area contributed by atoms with Crippen molar-refractivity contribution in [3.05, 3.63) is 35.9 Å². The second-order valence-corrected chi connectivity index (χ2v) is 7.33. The molecule has 4 atom stereocenters. The Morgan fingerprint density at radius 1 is 1.04 bits per heavy atom. The van der Waals surface area contributed by atoms with Gasteiger partial charge in [-0.2, -0.15) is 0 Å². The smallest absolute Gasteiger partial charge is 0.190 e. The van der Waals surface area contributed by atoms with Crippen LogP contribution in [0.25, 0.3) is 0 Å². The van der Waals surface area contributed by atoms with Gasteiger partial charge in [-0.1, -0.05) is 49.6 Å². The van der Waals surface area contributed by atoms with E-state index in [4.69, 9.17) is 24.1 Å². The minimum atomic E-state index is -0.629. The van der Waals surface area contributed by atoms with Gasteiger partial charge >= 0.3 is 0 Å². The Kier molecular flexibility index (Phi) is 6.47. The van der Waals surface area contributed by atoms with E-state index in [-0.39, 0.29) is 31.2 Å². The third-order valence-electron chi connectivity index (χ3n) is 4.77. The summed E-state index contributed by atoms with van der Waals surface area (Å²) in [5.74, 6) is -0.629. The van der Waals surface area contributed by atoms with Crippen LogP contribution in [0.2, 0.25) is 0 Å². The fourth-order valence-corrected chi connectivity index (χ4v) is 3.56. The van der Waals surface area contributed by atoms with Crippen molar-refractivity contribution >= 4 is 0 Å². The Balaban J connectivity index is 1.57. The lowest BCUT2D eigenvalue weighted by molar-refractivity contribution is -0.219. The summed E-state index contributed by atoms with van der Waals surface area (Å²) >= 11 is 0. The zero-order valence-corrected chi connectivity index (χ0v) is 15.2. The number of rotatable bonds is 9. The van der Waals surface area contributed by atoms with Crippen molar-refractivity contribution in [1.29, 1.82) is 0 Å². The van der Waals surface area contributed by atoms with Crippen molar-refractivity contribution in [2.24, 2.45) is 0 Å². The standard InChI is InChI=1S/C20H30O5/c1-20(2)24-18-17(22-14-15-10-6-5-7-11-15)16(23-19(18)25-20)12-8-3-4-9-13-21/h5-7,10-11,16-19,21H,3-4,8-9,12-14H2,1-2H3/t16-,17+,18-,19-/m1/s1. The van der Waals surface area contributed by atoms with E-state index in [1.165, 1.54) is 0 Å². The normalized spacial score (nSPS) is 30.5. The van der Waals surface area contributed by atoms with E-state index in [9.17, 15) is 0 Å². The van der Waals surface area contributed by atoms with Gasteiger partial charge in [0.25, 0.3) is 0 Å². The van der Waals surface area contributed by atoms with Gasteiger partial charge in [-0.3, -0.25) is 0 Å². The first-order valence-electron chi connectivity index (χ1n) is 9.36. The lowest BCUT2D eigenvalue weighted by Crippen LogP contribution is -2.36. The van der Waals surface area contributed by atoms with E-state index in [1.807, 2.05) is 32.0 Å². The van der Waals surface area contributed by atoms with Gasteiger partial charge in [0.05, 0.1) is 12.7 Å². The molecule has 2 aliphatic heterocycles. The van der Waals surface area contributed by atoms with Crippen LogP contribution in [-0.4, -0.2) is 42.1 Å². The lowest BCUT2D eigenvalue weighted by atomic mass is 10.0. The zero-order chi connectivity index (χ0) is 17.7. The summed E-state index contributed by atoms with van der Waals surface area (Å²) in [6.45, 7) is 4.63. The molecule has 5 nitrogen and oxygen atoms in total. The number of aliphatic hydroxyl groups excluding tert-OH is 1.